The molecule has 7 nitrogen and oxygen atoms in total. The van der Waals surface area contributed by atoms with E-state index in [9.17, 15) is 19.0 Å². The Bertz CT molecular complexity index is 817. The molecule has 0 unspecified atom stereocenters. The van der Waals surface area contributed by atoms with Crippen molar-refractivity contribution in [2.45, 2.75) is 12.7 Å². The number of hydrogen-bond donors (Lipinski definition) is 4. The van der Waals surface area contributed by atoms with Crippen LogP contribution in [0.1, 0.15) is 18.3 Å². The molecule has 0 amide bonds. The lowest BCUT2D eigenvalue weighted by Crippen LogP contribution is -2.29. The third kappa shape index (κ3) is 3.89. The van der Waals surface area contributed by atoms with Crippen LogP contribution in [0.15, 0.2) is 47.2 Å². The molecule has 126 valence electrons. The zero-order valence-corrected chi connectivity index (χ0v) is 12.6. The summed E-state index contributed by atoms with van der Waals surface area (Å²) in [5, 5.41) is 20.4. The highest BCUT2D eigenvalue weighted by Crippen LogP contribution is 2.26. The van der Waals surface area contributed by atoms with Crippen LogP contribution in [0.25, 0.3) is 0 Å². The average molecular weight is 335 g/mol. The molecular formula is C15H15F2N5O2. The van der Waals surface area contributed by atoms with E-state index >= 15 is 0 Å². The summed E-state index contributed by atoms with van der Waals surface area (Å²) in [5.41, 5.74) is 11.2. The van der Waals surface area contributed by atoms with Crippen LogP contribution in [0.5, 0.6) is 0 Å². The van der Waals surface area contributed by atoms with Gasteiger partial charge in [-0.25, -0.2) is 23.7 Å². The number of aliphatic imine (C=N–C) groups is 1. The predicted octanol–water partition coefficient (Wildman–Crippen LogP) is 0.792. The number of aliphatic hydroxyl groups is 2. The van der Waals surface area contributed by atoms with E-state index < -0.39 is 23.2 Å². The molecule has 0 bridgehead atoms. The van der Waals surface area contributed by atoms with Crippen LogP contribution in [0.2, 0.25) is 0 Å². The second kappa shape index (κ2) is 6.69. The summed E-state index contributed by atoms with van der Waals surface area (Å²) in [5.74, 6) is -5.49. The van der Waals surface area contributed by atoms with E-state index in [1.165, 1.54) is 18.3 Å². The van der Waals surface area contributed by atoms with Crippen molar-refractivity contribution in [2.75, 3.05) is 0 Å². The van der Waals surface area contributed by atoms with E-state index in [0.717, 1.165) is 12.1 Å². The first-order chi connectivity index (χ1) is 11.2. The second-order valence-corrected chi connectivity index (χ2v) is 4.96. The second-order valence-electron chi connectivity index (χ2n) is 4.96. The number of amidine groups is 1. The smallest absolute Gasteiger partial charge is 0.253 e. The number of hydrogen-bond acceptors (Lipinski definition) is 6. The van der Waals surface area contributed by atoms with E-state index in [0.29, 0.717) is 11.8 Å². The highest BCUT2D eigenvalue weighted by molar-refractivity contribution is 5.93. The molecule has 0 aliphatic rings. The molecule has 0 radical (unpaired) electrons. The van der Waals surface area contributed by atoms with Gasteiger partial charge in [0.05, 0.1) is 0 Å². The molecule has 1 heterocycles. The Morgan fingerprint density at radius 3 is 2.54 bits per heavy atom. The maximum Gasteiger partial charge on any atom is 0.253 e. The van der Waals surface area contributed by atoms with Gasteiger partial charge < -0.3 is 21.7 Å². The van der Waals surface area contributed by atoms with Crippen LogP contribution < -0.4 is 11.5 Å². The minimum atomic E-state index is -2.74. The van der Waals surface area contributed by atoms with Gasteiger partial charge in [0.1, 0.15) is 5.84 Å². The molecule has 0 saturated carbocycles. The summed E-state index contributed by atoms with van der Waals surface area (Å²) < 4.78 is 26.3. The van der Waals surface area contributed by atoms with E-state index in [2.05, 4.69) is 15.0 Å². The largest absolute Gasteiger partial charge is 0.402 e. The first kappa shape index (κ1) is 17.4. The van der Waals surface area contributed by atoms with Gasteiger partial charge in [0.15, 0.2) is 23.3 Å². The summed E-state index contributed by atoms with van der Waals surface area (Å²) in [6.07, 6.45) is 2.61. The molecule has 0 saturated heterocycles. The number of rotatable bonds is 4. The van der Waals surface area contributed by atoms with Crippen LogP contribution in [-0.4, -0.2) is 26.0 Å². The number of nitrogens with two attached hydrogens (primary N) is 2. The van der Waals surface area contributed by atoms with Crippen molar-refractivity contribution in [2.24, 2.45) is 16.5 Å². The van der Waals surface area contributed by atoms with Crippen molar-refractivity contribution in [3.63, 3.8) is 0 Å². The van der Waals surface area contributed by atoms with E-state index in [4.69, 9.17) is 11.5 Å². The number of nitrogens with zero attached hydrogens (tertiary/aromatic N) is 3. The lowest BCUT2D eigenvalue weighted by molar-refractivity contribution is -0.138. The van der Waals surface area contributed by atoms with Gasteiger partial charge >= 0.3 is 0 Å². The Hall–Kier alpha value is -2.91. The average Bonchev–Trinajstić information content (AvgIpc) is 2.49. The van der Waals surface area contributed by atoms with Gasteiger partial charge in [0.25, 0.3) is 5.79 Å². The molecule has 2 rings (SSSR count). The fourth-order valence-corrected chi connectivity index (χ4v) is 1.82. The van der Waals surface area contributed by atoms with Gasteiger partial charge in [0.2, 0.25) is 0 Å². The zero-order chi connectivity index (χ0) is 17.9. The topological polar surface area (TPSA) is 131 Å². The molecule has 0 fully saturated rings. The van der Waals surface area contributed by atoms with Crippen molar-refractivity contribution in [1.29, 1.82) is 0 Å². The Morgan fingerprint density at radius 1 is 1.21 bits per heavy atom. The van der Waals surface area contributed by atoms with Crippen molar-refractivity contribution in [1.82, 2.24) is 9.97 Å². The normalized spacial score (nSPS) is 13.2. The SMILES string of the molecule is C/C(N)=C/C(N)=Nc1ccnc(C(O)(O)c2ccc(F)c(F)c2)n1. The van der Waals surface area contributed by atoms with Crippen LogP contribution in [0.3, 0.4) is 0 Å². The van der Waals surface area contributed by atoms with Gasteiger partial charge in [-0.1, -0.05) is 6.07 Å². The van der Waals surface area contributed by atoms with Gasteiger partial charge in [-0.3, -0.25) is 0 Å². The van der Waals surface area contributed by atoms with E-state index in [1.54, 1.807) is 6.92 Å². The van der Waals surface area contributed by atoms with Crippen molar-refractivity contribution < 1.29 is 19.0 Å². The fraction of sp³-hybridized carbons (Fsp3) is 0.133. The molecule has 0 aliphatic carbocycles. The Labute approximate surface area is 136 Å². The van der Waals surface area contributed by atoms with Gasteiger partial charge in [-0.05, 0) is 25.1 Å². The molecule has 0 spiro atoms. The van der Waals surface area contributed by atoms with Crippen molar-refractivity contribution in [3.05, 3.63) is 65.3 Å². The quantitative estimate of drug-likeness (QED) is 0.371. The summed E-state index contributed by atoms with van der Waals surface area (Å²) in [6, 6.07) is 3.79. The maximum absolute atomic E-state index is 13.3. The monoisotopic (exact) mass is 335 g/mol. The number of benzene rings is 1. The summed E-state index contributed by atoms with van der Waals surface area (Å²) >= 11 is 0. The minimum Gasteiger partial charge on any atom is -0.402 e. The van der Waals surface area contributed by atoms with Gasteiger partial charge in [-0.2, -0.15) is 0 Å². The molecule has 1 aromatic heterocycles. The molecule has 24 heavy (non-hydrogen) atoms. The lowest BCUT2D eigenvalue weighted by atomic mass is 10.0. The Morgan fingerprint density at radius 2 is 1.92 bits per heavy atom. The predicted molar refractivity (Wildman–Crippen MR) is 82.8 cm³/mol. The Kier molecular flexibility index (Phi) is 4.86. The van der Waals surface area contributed by atoms with Crippen LogP contribution in [0.4, 0.5) is 14.6 Å². The molecule has 2 aromatic rings. The molecule has 1 aromatic carbocycles. The third-order valence-corrected chi connectivity index (χ3v) is 2.89. The van der Waals surface area contributed by atoms with Gasteiger partial charge in [0, 0.05) is 23.5 Å². The summed E-state index contributed by atoms with van der Waals surface area (Å²) in [4.78, 5) is 11.5. The van der Waals surface area contributed by atoms with Gasteiger partial charge in [-0.15, -0.1) is 0 Å². The molecule has 0 aliphatic heterocycles. The Balaban J connectivity index is 2.42. The lowest BCUT2D eigenvalue weighted by Gasteiger charge is -2.20. The molecular weight excluding hydrogens is 320 g/mol. The number of allylic oxidation sites excluding steroid dienone is 1. The van der Waals surface area contributed by atoms with Crippen LogP contribution in [-0.2, 0) is 5.79 Å². The van der Waals surface area contributed by atoms with E-state index in [1.807, 2.05) is 0 Å². The standard InChI is InChI=1S/C15H15F2N5O2/c1-8(18)6-12(19)21-13-4-5-20-14(22-13)15(23,24)9-2-3-10(16)11(17)7-9/h2-7,23-24H,18H2,1H3,(H2,19,20,21,22)/b8-6-. The van der Waals surface area contributed by atoms with E-state index in [-0.39, 0.29) is 17.2 Å². The number of halogens is 2. The fourth-order valence-electron chi connectivity index (χ4n) is 1.82. The first-order valence-corrected chi connectivity index (χ1v) is 6.72. The van der Waals surface area contributed by atoms with Crippen LogP contribution in [0, 0.1) is 11.6 Å². The minimum absolute atomic E-state index is 0.0325. The molecule has 6 N–H and O–H groups in total. The highest BCUT2D eigenvalue weighted by Gasteiger charge is 2.33. The first-order valence-electron chi connectivity index (χ1n) is 6.72. The molecule has 0 atom stereocenters. The summed E-state index contributed by atoms with van der Waals surface area (Å²) in [6.45, 7) is 1.61. The number of aromatic nitrogens is 2. The third-order valence-electron chi connectivity index (χ3n) is 2.89. The van der Waals surface area contributed by atoms with Crippen molar-refractivity contribution >= 4 is 11.7 Å². The zero-order valence-electron chi connectivity index (χ0n) is 12.6. The summed E-state index contributed by atoms with van der Waals surface area (Å²) in [7, 11) is 0. The molecule has 9 heteroatoms. The highest BCUT2D eigenvalue weighted by atomic mass is 19.2. The van der Waals surface area contributed by atoms with Crippen molar-refractivity contribution in [3.8, 4) is 0 Å². The maximum atomic E-state index is 13.3. The van der Waals surface area contributed by atoms with Crippen LogP contribution >= 0.6 is 0 Å².